The lowest BCUT2D eigenvalue weighted by Crippen LogP contribution is -1.94. The first kappa shape index (κ1) is 13.1. The Hall–Kier alpha value is -1.94. The summed E-state index contributed by atoms with van der Waals surface area (Å²) in [5.74, 6) is 0.871. The van der Waals surface area contributed by atoms with E-state index in [2.05, 4.69) is 48.1 Å². The molecule has 0 saturated carbocycles. The lowest BCUT2D eigenvalue weighted by molar-refractivity contribution is 1.08. The van der Waals surface area contributed by atoms with Crippen LogP contribution >= 0.6 is 11.8 Å². The number of anilines is 1. The van der Waals surface area contributed by atoms with E-state index >= 15 is 0 Å². The van der Waals surface area contributed by atoms with Crippen molar-refractivity contribution in [1.29, 1.82) is 0 Å². The third-order valence-corrected chi connectivity index (χ3v) is 4.39. The van der Waals surface area contributed by atoms with Gasteiger partial charge in [-0.2, -0.15) is 0 Å². The standard InChI is InChI=1S/C16H17N3S/c1-10-6-7-14-15(8-10)19-16(18-14)20-9-12-4-3-5-13(17)11(12)2/h3-8H,9,17H2,1-2H3,(H,18,19). The van der Waals surface area contributed by atoms with E-state index in [4.69, 9.17) is 5.73 Å². The maximum atomic E-state index is 5.93. The minimum atomic E-state index is 0.850. The van der Waals surface area contributed by atoms with Crippen LogP contribution in [0.3, 0.4) is 0 Å². The predicted molar refractivity (Wildman–Crippen MR) is 86.0 cm³/mol. The summed E-state index contributed by atoms with van der Waals surface area (Å²) in [4.78, 5) is 7.96. The Labute approximate surface area is 122 Å². The molecule has 4 heteroatoms. The Bertz CT molecular complexity index is 762. The monoisotopic (exact) mass is 283 g/mol. The predicted octanol–water partition coefficient (Wildman–Crippen LogP) is 4.05. The number of H-pyrrole nitrogens is 1. The van der Waals surface area contributed by atoms with Gasteiger partial charge in [-0.1, -0.05) is 30.0 Å². The zero-order chi connectivity index (χ0) is 14.1. The molecule has 1 heterocycles. The van der Waals surface area contributed by atoms with Crippen molar-refractivity contribution in [3.05, 3.63) is 53.1 Å². The van der Waals surface area contributed by atoms with Crippen molar-refractivity contribution in [1.82, 2.24) is 9.97 Å². The smallest absolute Gasteiger partial charge is 0.166 e. The summed E-state index contributed by atoms with van der Waals surface area (Å²) in [6.07, 6.45) is 0. The molecule has 3 N–H and O–H groups in total. The molecule has 0 aliphatic carbocycles. The molecule has 3 nitrogen and oxygen atoms in total. The molecule has 102 valence electrons. The molecule has 0 bridgehead atoms. The molecular weight excluding hydrogens is 266 g/mol. The minimum Gasteiger partial charge on any atom is -0.399 e. The Kier molecular flexibility index (Phi) is 3.40. The number of fused-ring (bicyclic) bond motifs is 1. The molecular formula is C16H17N3S. The van der Waals surface area contributed by atoms with Gasteiger partial charge < -0.3 is 10.7 Å². The van der Waals surface area contributed by atoms with Gasteiger partial charge in [0.25, 0.3) is 0 Å². The van der Waals surface area contributed by atoms with E-state index < -0.39 is 0 Å². The van der Waals surface area contributed by atoms with Crippen molar-refractivity contribution in [2.24, 2.45) is 0 Å². The van der Waals surface area contributed by atoms with E-state index in [1.807, 2.05) is 12.1 Å². The lowest BCUT2D eigenvalue weighted by atomic mass is 10.1. The van der Waals surface area contributed by atoms with Crippen molar-refractivity contribution in [3.8, 4) is 0 Å². The Morgan fingerprint density at radius 3 is 2.90 bits per heavy atom. The van der Waals surface area contributed by atoms with Gasteiger partial charge in [0.1, 0.15) is 0 Å². The molecule has 2 aromatic carbocycles. The van der Waals surface area contributed by atoms with Crippen LogP contribution in [0.15, 0.2) is 41.6 Å². The van der Waals surface area contributed by atoms with Crippen LogP contribution in [-0.2, 0) is 5.75 Å². The number of nitrogens with two attached hydrogens (primary N) is 1. The number of benzene rings is 2. The first-order valence-electron chi connectivity index (χ1n) is 6.56. The Morgan fingerprint density at radius 1 is 1.20 bits per heavy atom. The van der Waals surface area contributed by atoms with Gasteiger partial charge in [-0.3, -0.25) is 0 Å². The molecule has 0 aliphatic heterocycles. The zero-order valence-electron chi connectivity index (χ0n) is 11.6. The van der Waals surface area contributed by atoms with Gasteiger partial charge in [-0.05, 0) is 48.7 Å². The number of imidazole rings is 1. The van der Waals surface area contributed by atoms with Crippen molar-refractivity contribution < 1.29 is 0 Å². The third kappa shape index (κ3) is 2.51. The summed E-state index contributed by atoms with van der Waals surface area (Å²) >= 11 is 1.71. The number of aromatic amines is 1. The fraction of sp³-hybridized carbons (Fsp3) is 0.188. The van der Waals surface area contributed by atoms with Crippen LogP contribution in [0.2, 0.25) is 0 Å². The van der Waals surface area contributed by atoms with Crippen LogP contribution in [0.25, 0.3) is 11.0 Å². The van der Waals surface area contributed by atoms with Crippen LogP contribution in [-0.4, -0.2) is 9.97 Å². The maximum Gasteiger partial charge on any atom is 0.166 e. The number of aromatic nitrogens is 2. The second kappa shape index (κ2) is 5.21. The molecule has 0 unspecified atom stereocenters. The number of aryl methyl sites for hydroxylation is 1. The maximum absolute atomic E-state index is 5.93. The van der Waals surface area contributed by atoms with Gasteiger partial charge in [0.05, 0.1) is 11.0 Å². The highest BCUT2D eigenvalue weighted by Gasteiger charge is 2.06. The minimum absolute atomic E-state index is 0.850. The van der Waals surface area contributed by atoms with Crippen molar-refractivity contribution >= 4 is 28.5 Å². The number of thioether (sulfide) groups is 1. The number of hydrogen-bond donors (Lipinski definition) is 2. The highest BCUT2D eigenvalue weighted by Crippen LogP contribution is 2.26. The van der Waals surface area contributed by atoms with E-state index in [0.29, 0.717) is 0 Å². The molecule has 1 aromatic heterocycles. The molecule has 20 heavy (non-hydrogen) atoms. The molecule has 3 aromatic rings. The van der Waals surface area contributed by atoms with Gasteiger partial charge >= 0.3 is 0 Å². The van der Waals surface area contributed by atoms with Crippen molar-refractivity contribution in [3.63, 3.8) is 0 Å². The normalized spacial score (nSPS) is 11.1. The number of nitrogens with zero attached hydrogens (tertiary/aromatic N) is 1. The molecule has 0 atom stereocenters. The Balaban J connectivity index is 1.81. The van der Waals surface area contributed by atoms with Gasteiger partial charge in [-0.15, -0.1) is 0 Å². The van der Waals surface area contributed by atoms with E-state index in [1.165, 1.54) is 11.1 Å². The molecule has 0 aliphatic rings. The first-order chi connectivity index (χ1) is 9.63. The van der Waals surface area contributed by atoms with Gasteiger partial charge in [0.2, 0.25) is 0 Å². The quantitative estimate of drug-likeness (QED) is 0.563. The average Bonchev–Trinajstić information content (AvgIpc) is 2.82. The highest BCUT2D eigenvalue weighted by atomic mass is 32.2. The molecule has 3 rings (SSSR count). The SMILES string of the molecule is Cc1ccc2nc(SCc3cccc(N)c3C)[nH]c2c1. The van der Waals surface area contributed by atoms with Crippen LogP contribution in [0.4, 0.5) is 5.69 Å². The summed E-state index contributed by atoms with van der Waals surface area (Å²) in [6, 6.07) is 12.3. The van der Waals surface area contributed by atoms with E-state index in [1.54, 1.807) is 11.8 Å². The van der Waals surface area contributed by atoms with E-state index in [0.717, 1.165) is 33.2 Å². The van der Waals surface area contributed by atoms with Gasteiger partial charge in [-0.25, -0.2) is 4.98 Å². The van der Waals surface area contributed by atoms with Crippen molar-refractivity contribution in [2.45, 2.75) is 24.8 Å². The number of nitrogens with one attached hydrogen (secondary N) is 1. The topological polar surface area (TPSA) is 54.7 Å². The average molecular weight is 283 g/mol. The van der Waals surface area contributed by atoms with Crippen LogP contribution in [0, 0.1) is 13.8 Å². The summed E-state index contributed by atoms with van der Waals surface area (Å²) in [5, 5.41) is 0.951. The van der Waals surface area contributed by atoms with E-state index in [9.17, 15) is 0 Å². The second-order valence-corrected chi connectivity index (χ2v) is 5.95. The molecule has 0 saturated heterocycles. The van der Waals surface area contributed by atoms with Crippen LogP contribution in [0.5, 0.6) is 0 Å². The van der Waals surface area contributed by atoms with Crippen LogP contribution < -0.4 is 5.73 Å². The first-order valence-corrected chi connectivity index (χ1v) is 7.55. The number of hydrogen-bond acceptors (Lipinski definition) is 3. The number of rotatable bonds is 3. The third-order valence-electron chi connectivity index (χ3n) is 3.47. The Morgan fingerprint density at radius 2 is 2.05 bits per heavy atom. The highest BCUT2D eigenvalue weighted by molar-refractivity contribution is 7.98. The van der Waals surface area contributed by atoms with Crippen molar-refractivity contribution in [2.75, 3.05) is 5.73 Å². The number of nitrogen functional groups attached to an aromatic ring is 1. The molecule has 0 amide bonds. The fourth-order valence-electron chi connectivity index (χ4n) is 2.17. The molecule has 0 spiro atoms. The summed E-state index contributed by atoms with van der Waals surface area (Å²) < 4.78 is 0. The van der Waals surface area contributed by atoms with E-state index in [-0.39, 0.29) is 0 Å². The summed E-state index contributed by atoms with van der Waals surface area (Å²) in [5.41, 5.74) is 12.6. The fourth-order valence-corrected chi connectivity index (χ4v) is 3.12. The molecule has 0 radical (unpaired) electrons. The summed E-state index contributed by atoms with van der Waals surface area (Å²) in [6.45, 7) is 4.15. The lowest BCUT2D eigenvalue weighted by Gasteiger charge is -2.06. The summed E-state index contributed by atoms with van der Waals surface area (Å²) in [7, 11) is 0. The largest absolute Gasteiger partial charge is 0.399 e. The molecule has 0 fully saturated rings. The van der Waals surface area contributed by atoms with Gasteiger partial charge in [0.15, 0.2) is 5.16 Å². The second-order valence-electron chi connectivity index (χ2n) is 4.98. The van der Waals surface area contributed by atoms with Crippen LogP contribution in [0.1, 0.15) is 16.7 Å². The zero-order valence-corrected chi connectivity index (χ0v) is 12.4. The van der Waals surface area contributed by atoms with Gasteiger partial charge in [0, 0.05) is 11.4 Å².